The third kappa shape index (κ3) is 2.41. The SMILES string of the molecule is CC1CC2(CCCCC2)CN1C(=O)c1ccccc1. The molecule has 1 atom stereocenters. The topological polar surface area (TPSA) is 20.3 Å². The molecule has 1 unspecified atom stereocenters. The lowest BCUT2D eigenvalue weighted by atomic mass is 9.73. The van der Waals surface area contributed by atoms with Gasteiger partial charge in [-0.15, -0.1) is 0 Å². The first-order valence-corrected chi connectivity index (χ1v) is 7.56. The summed E-state index contributed by atoms with van der Waals surface area (Å²) in [6, 6.07) is 10.1. The number of nitrogens with zero attached hydrogens (tertiary/aromatic N) is 1. The van der Waals surface area contributed by atoms with Crippen molar-refractivity contribution in [3.8, 4) is 0 Å². The van der Waals surface area contributed by atoms with E-state index in [-0.39, 0.29) is 5.91 Å². The second-order valence-corrected chi connectivity index (χ2v) is 6.41. The van der Waals surface area contributed by atoms with Gasteiger partial charge >= 0.3 is 0 Å². The molecular formula is C17H23NO. The molecule has 1 spiro atoms. The lowest BCUT2D eigenvalue weighted by molar-refractivity contribution is 0.0721. The summed E-state index contributed by atoms with van der Waals surface area (Å²) in [5.41, 5.74) is 1.27. The summed E-state index contributed by atoms with van der Waals surface area (Å²) in [6.45, 7) is 3.19. The summed E-state index contributed by atoms with van der Waals surface area (Å²) in [4.78, 5) is 14.7. The van der Waals surface area contributed by atoms with Gasteiger partial charge in [0.05, 0.1) is 0 Å². The van der Waals surface area contributed by atoms with Gasteiger partial charge in [0.1, 0.15) is 0 Å². The first-order valence-electron chi connectivity index (χ1n) is 7.56. The van der Waals surface area contributed by atoms with Gasteiger partial charge < -0.3 is 4.90 Å². The van der Waals surface area contributed by atoms with Crippen molar-refractivity contribution in [2.75, 3.05) is 6.54 Å². The highest BCUT2D eigenvalue weighted by molar-refractivity contribution is 5.94. The van der Waals surface area contributed by atoms with Crippen molar-refractivity contribution in [3.05, 3.63) is 35.9 Å². The van der Waals surface area contributed by atoms with Crippen LogP contribution in [-0.4, -0.2) is 23.4 Å². The quantitative estimate of drug-likeness (QED) is 0.748. The molecule has 0 bridgehead atoms. The zero-order valence-corrected chi connectivity index (χ0v) is 11.8. The van der Waals surface area contributed by atoms with Gasteiger partial charge in [0, 0.05) is 18.2 Å². The van der Waals surface area contributed by atoms with Crippen LogP contribution in [0.1, 0.15) is 55.8 Å². The Morgan fingerprint density at radius 2 is 1.84 bits per heavy atom. The lowest BCUT2D eigenvalue weighted by Crippen LogP contribution is -2.35. The number of hydrogen-bond donors (Lipinski definition) is 0. The number of rotatable bonds is 1. The third-order valence-corrected chi connectivity index (χ3v) is 4.96. The Morgan fingerprint density at radius 1 is 1.16 bits per heavy atom. The van der Waals surface area contributed by atoms with Gasteiger partial charge in [-0.25, -0.2) is 0 Å². The van der Waals surface area contributed by atoms with E-state index in [0.717, 1.165) is 12.1 Å². The molecule has 0 aromatic heterocycles. The molecule has 19 heavy (non-hydrogen) atoms. The maximum absolute atomic E-state index is 12.6. The molecule has 0 N–H and O–H groups in total. The van der Waals surface area contributed by atoms with Crippen molar-refractivity contribution in [1.82, 2.24) is 4.90 Å². The number of likely N-dealkylation sites (tertiary alicyclic amines) is 1. The average Bonchev–Trinajstić information content (AvgIpc) is 2.76. The van der Waals surface area contributed by atoms with Gasteiger partial charge in [-0.05, 0) is 43.7 Å². The molecule has 2 heteroatoms. The van der Waals surface area contributed by atoms with E-state index in [2.05, 4.69) is 11.8 Å². The monoisotopic (exact) mass is 257 g/mol. The molecule has 1 amide bonds. The van der Waals surface area contributed by atoms with E-state index in [1.165, 1.54) is 38.5 Å². The van der Waals surface area contributed by atoms with Gasteiger partial charge in [-0.3, -0.25) is 4.79 Å². The van der Waals surface area contributed by atoms with Crippen molar-refractivity contribution in [2.45, 2.75) is 51.5 Å². The largest absolute Gasteiger partial charge is 0.335 e. The van der Waals surface area contributed by atoms with Crippen LogP contribution in [0.4, 0.5) is 0 Å². The summed E-state index contributed by atoms with van der Waals surface area (Å²) in [5, 5.41) is 0. The Morgan fingerprint density at radius 3 is 2.53 bits per heavy atom. The molecule has 2 fully saturated rings. The fraction of sp³-hybridized carbons (Fsp3) is 0.588. The van der Waals surface area contributed by atoms with Gasteiger partial charge in [-0.2, -0.15) is 0 Å². The van der Waals surface area contributed by atoms with Crippen molar-refractivity contribution >= 4 is 5.91 Å². The Kier molecular flexibility index (Phi) is 3.34. The Hall–Kier alpha value is -1.31. The predicted molar refractivity (Wildman–Crippen MR) is 77.1 cm³/mol. The van der Waals surface area contributed by atoms with Crippen LogP contribution in [0, 0.1) is 5.41 Å². The number of carbonyl (C=O) groups excluding carboxylic acids is 1. The second-order valence-electron chi connectivity index (χ2n) is 6.41. The number of benzene rings is 1. The third-order valence-electron chi connectivity index (χ3n) is 4.96. The minimum absolute atomic E-state index is 0.218. The van der Waals surface area contributed by atoms with E-state index >= 15 is 0 Å². The van der Waals surface area contributed by atoms with Crippen molar-refractivity contribution in [1.29, 1.82) is 0 Å². The molecule has 1 aromatic rings. The summed E-state index contributed by atoms with van der Waals surface area (Å²) >= 11 is 0. The maximum atomic E-state index is 12.6. The summed E-state index contributed by atoms with van der Waals surface area (Å²) in [7, 11) is 0. The van der Waals surface area contributed by atoms with Crippen LogP contribution in [0.25, 0.3) is 0 Å². The summed E-state index contributed by atoms with van der Waals surface area (Å²) in [6.07, 6.45) is 7.90. The van der Waals surface area contributed by atoms with Gasteiger partial charge in [0.25, 0.3) is 5.91 Å². The molecule has 2 aliphatic rings. The molecule has 102 valence electrons. The van der Waals surface area contributed by atoms with Crippen molar-refractivity contribution < 1.29 is 4.79 Å². The maximum Gasteiger partial charge on any atom is 0.254 e. The number of amides is 1. The van der Waals surface area contributed by atoms with E-state index in [4.69, 9.17) is 0 Å². The molecule has 0 radical (unpaired) electrons. The molecular weight excluding hydrogens is 234 g/mol. The van der Waals surface area contributed by atoms with Crippen LogP contribution in [0.2, 0.25) is 0 Å². The smallest absolute Gasteiger partial charge is 0.254 e. The van der Waals surface area contributed by atoms with E-state index in [9.17, 15) is 4.79 Å². The predicted octanol–water partition coefficient (Wildman–Crippen LogP) is 3.87. The Balaban J connectivity index is 1.77. The van der Waals surface area contributed by atoms with E-state index in [0.29, 0.717) is 11.5 Å². The van der Waals surface area contributed by atoms with Crippen LogP contribution >= 0.6 is 0 Å². The molecule has 1 aromatic carbocycles. The fourth-order valence-corrected chi connectivity index (χ4v) is 4.00. The minimum atomic E-state index is 0.218. The Bertz CT molecular complexity index is 448. The van der Waals surface area contributed by atoms with Crippen molar-refractivity contribution in [3.63, 3.8) is 0 Å². The van der Waals surface area contributed by atoms with Gasteiger partial charge in [0.2, 0.25) is 0 Å². The Labute approximate surface area is 115 Å². The molecule has 1 aliphatic heterocycles. The van der Waals surface area contributed by atoms with Crippen LogP contribution in [0.15, 0.2) is 30.3 Å². The fourth-order valence-electron chi connectivity index (χ4n) is 4.00. The molecule has 2 nitrogen and oxygen atoms in total. The molecule has 3 rings (SSSR count). The highest BCUT2D eigenvalue weighted by Gasteiger charge is 2.44. The number of hydrogen-bond acceptors (Lipinski definition) is 1. The van der Waals surface area contributed by atoms with Crippen LogP contribution < -0.4 is 0 Å². The van der Waals surface area contributed by atoms with E-state index in [1.54, 1.807) is 0 Å². The molecule has 1 saturated heterocycles. The standard InChI is InChI=1S/C17H23NO/c1-14-12-17(10-6-3-7-11-17)13-18(14)16(19)15-8-4-2-5-9-15/h2,4-5,8-9,14H,3,6-7,10-13H2,1H3. The summed E-state index contributed by atoms with van der Waals surface area (Å²) in [5.74, 6) is 0.218. The summed E-state index contributed by atoms with van der Waals surface area (Å²) < 4.78 is 0. The van der Waals surface area contributed by atoms with E-state index < -0.39 is 0 Å². The van der Waals surface area contributed by atoms with Crippen LogP contribution in [0.3, 0.4) is 0 Å². The zero-order chi connectivity index (χ0) is 13.3. The first kappa shape index (κ1) is 12.7. The normalized spacial score (nSPS) is 25.7. The van der Waals surface area contributed by atoms with E-state index in [1.807, 2.05) is 30.3 Å². The zero-order valence-electron chi connectivity index (χ0n) is 11.8. The highest BCUT2D eigenvalue weighted by atomic mass is 16.2. The number of carbonyl (C=O) groups is 1. The average molecular weight is 257 g/mol. The highest BCUT2D eigenvalue weighted by Crippen LogP contribution is 2.46. The first-order chi connectivity index (χ1) is 9.20. The van der Waals surface area contributed by atoms with Crippen LogP contribution in [0.5, 0.6) is 0 Å². The van der Waals surface area contributed by atoms with Crippen LogP contribution in [-0.2, 0) is 0 Å². The lowest BCUT2D eigenvalue weighted by Gasteiger charge is -2.33. The van der Waals surface area contributed by atoms with Gasteiger partial charge in [-0.1, -0.05) is 37.5 Å². The molecule has 1 saturated carbocycles. The molecule has 1 aliphatic carbocycles. The van der Waals surface area contributed by atoms with Gasteiger partial charge in [0.15, 0.2) is 0 Å². The second kappa shape index (κ2) is 4.99. The minimum Gasteiger partial charge on any atom is -0.335 e. The molecule has 1 heterocycles. The van der Waals surface area contributed by atoms with Crippen molar-refractivity contribution in [2.24, 2.45) is 5.41 Å².